The van der Waals surface area contributed by atoms with E-state index in [-0.39, 0.29) is 0 Å². The van der Waals surface area contributed by atoms with Crippen molar-refractivity contribution in [2.75, 3.05) is 5.73 Å². The number of nitrogen functional groups attached to an aromatic ring is 1. The van der Waals surface area contributed by atoms with Crippen LogP contribution in [0.25, 0.3) is 5.78 Å². The summed E-state index contributed by atoms with van der Waals surface area (Å²) in [7, 11) is 0. The number of rotatable bonds is 1. The third kappa shape index (κ3) is 1.25. The monoisotopic (exact) mass is 289 g/mol. The number of aryl methyl sites for hydroxylation is 1. The molecule has 0 bridgehead atoms. The number of fused-ring (bicyclic) bond motifs is 1. The van der Waals surface area contributed by atoms with E-state index in [9.17, 15) is 0 Å². The highest BCUT2D eigenvalue weighted by Crippen LogP contribution is 2.18. The molecule has 13 heavy (non-hydrogen) atoms. The van der Waals surface area contributed by atoms with Crippen molar-refractivity contribution in [3.05, 3.63) is 15.6 Å². The van der Waals surface area contributed by atoms with Crippen LogP contribution < -0.4 is 5.73 Å². The summed E-state index contributed by atoms with van der Waals surface area (Å²) in [6.45, 7) is 2.04. The molecule has 2 rings (SSSR count). The predicted octanol–water partition coefficient (Wildman–Crippen LogP) is 0.873. The van der Waals surface area contributed by atoms with Crippen LogP contribution in [0.4, 0.5) is 5.82 Å². The summed E-state index contributed by atoms with van der Waals surface area (Å²) in [4.78, 5) is 8.30. The van der Waals surface area contributed by atoms with E-state index in [1.807, 2.05) is 6.92 Å². The highest BCUT2D eigenvalue weighted by Gasteiger charge is 2.09. The van der Waals surface area contributed by atoms with Crippen LogP contribution in [0.5, 0.6) is 0 Å². The zero-order chi connectivity index (χ0) is 9.42. The summed E-state index contributed by atoms with van der Waals surface area (Å²) in [5.41, 5.74) is 6.82. The fourth-order valence-electron chi connectivity index (χ4n) is 1.13. The van der Waals surface area contributed by atoms with Crippen molar-refractivity contribution in [3.8, 4) is 0 Å². The average molecular weight is 289 g/mol. The Morgan fingerprint density at radius 1 is 1.62 bits per heavy atom. The first kappa shape index (κ1) is 8.67. The Morgan fingerprint density at radius 3 is 3.08 bits per heavy atom. The number of anilines is 1. The summed E-state index contributed by atoms with van der Waals surface area (Å²) in [6.07, 6.45) is 2.31. The summed E-state index contributed by atoms with van der Waals surface area (Å²) in [5, 5.41) is 3.97. The minimum atomic E-state index is 0.565. The SMILES string of the molecule is CCc1nc2ncnn2c(N)c1I. The van der Waals surface area contributed by atoms with Gasteiger partial charge in [0.05, 0.1) is 9.26 Å². The van der Waals surface area contributed by atoms with Gasteiger partial charge in [-0.3, -0.25) is 0 Å². The van der Waals surface area contributed by atoms with Gasteiger partial charge in [-0.15, -0.1) is 0 Å². The molecular weight excluding hydrogens is 281 g/mol. The van der Waals surface area contributed by atoms with Gasteiger partial charge < -0.3 is 5.73 Å². The van der Waals surface area contributed by atoms with E-state index in [2.05, 4.69) is 37.7 Å². The predicted molar refractivity (Wildman–Crippen MR) is 57.3 cm³/mol. The largest absolute Gasteiger partial charge is 0.383 e. The van der Waals surface area contributed by atoms with Gasteiger partial charge in [0, 0.05) is 0 Å². The third-order valence-electron chi connectivity index (χ3n) is 1.81. The highest BCUT2D eigenvalue weighted by molar-refractivity contribution is 14.1. The molecule has 2 N–H and O–H groups in total. The summed E-state index contributed by atoms with van der Waals surface area (Å²) >= 11 is 2.17. The van der Waals surface area contributed by atoms with Gasteiger partial charge in [-0.2, -0.15) is 14.6 Å². The topological polar surface area (TPSA) is 69.1 Å². The van der Waals surface area contributed by atoms with Gasteiger partial charge in [0.15, 0.2) is 0 Å². The van der Waals surface area contributed by atoms with Gasteiger partial charge in [0.1, 0.15) is 12.1 Å². The number of aromatic nitrogens is 4. The molecule has 0 aliphatic heterocycles. The third-order valence-corrected chi connectivity index (χ3v) is 2.98. The second-order valence-electron chi connectivity index (χ2n) is 2.58. The number of nitrogens with two attached hydrogens (primary N) is 1. The molecule has 5 nitrogen and oxygen atoms in total. The first-order valence-corrected chi connectivity index (χ1v) is 4.95. The van der Waals surface area contributed by atoms with E-state index in [1.54, 1.807) is 4.52 Å². The molecule has 0 spiro atoms. The first-order valence-electron chi connectivity index (χ1n) is 3.87. The Kier molecular flexibility index (Phi) is 2.06. The van der Waals surface area contributed by atoms with E-state index in [0.717, 1.165) is 15.7 Å². The number of hydrogen-bond acceptors (Lipinski definition) is 4. The van der Waals surface area contributed by atoms with Crippen molar-refractivity contribution in [3.63, 3.8) is 0 Å². The van der Waals surface area contributed by atoms with Crippen molar-refractivity contribution >= 4 is 34.2 Å². The van der Waals surface area contributed by atoms with Crippen molar-refractivity contribution in [1.82, 2.24) is 19.6 Å². The molecule has 0 aromatic carbocycles. The Morgan fingerprint density at radius 2 is 2.38 bits per heavy atom. The molecule has 0 amide bonds. The molecular formula is C7H8IN5. The molecule has 0 aliphatic carbocycles. The zero-order valence-electron chi connectivity index (χ0n) is 7.03. The summed E-state index contributed by atoms with van der Waals surface area (Å²) in [6, 6.07) is 0. The first-order chi connectivity index (χ1) is 6.24. The van der Waals surface area contributed by atoms with E-state index in [0.29, 0.717) is 11.6 Å². The minimum Gasteiger partial charge on any atom is -0.383 e. The molecule has 0 radical (unpaired) electrons. The number of halogens is 1. The normalized spacial score (nSPS) is 10.9. The molecule has 0 unspecified atom stereocenters. The Balaban J connectivity index is 2.83. The van der Waals surface area contributed by atoms with Gasteiger partial charge in [-0.25, -0.2) is 4.98 Å². The standard InChI is InChI=1S/C7H8IN5/c1-2-4-5(8)6(9)13-7(12-4)10-3-11-13/h3H,2,9H2,1H3. The van der Waals surface area contributed by atoms with E-state index in [1.165, 1.54) is 6.33 Å². The lowest BCUT2D eigenvalue weighted by Crippen LogP contribution is -2.07. The van der Waals surface area contributed by atoms with Crippen LogP contribution in [-0.2, 0) is 6.42 Å². The van der Waals surface area contributed by atoms with Crippen molar-refractivity contribution < 1.29 is 0 Å². The van der Waals surface area contributed by atoms with E-state index in [4.69, 9.17) is 5.73 Å². The molecule has 2 aromatic rings. The van der Waals surface area contributed by atoms with Crippen molar-refractivity contribution in [2.24, 2.45) is 0 Å². The Labute approximate surface area is 88.5 Å². The smallest absolute Gasteiger partial charge is 0.254 e. The molecule has 68 valence electrons. The van der Waals surface area contributed by atoms with E-state index >= 15 is 0 Å². The molecule has 0 saturated heterocycles. The summed E-state index contributed by atoms with van der Waals surface area (Å²) < 4.78 is 2.50. The van der Waals surface area contributed by atoms with Crippen molar-refractivity contribution in [1.29, 1.82) is 0 Å². The molecule has 0 fully saturated rings. The second kappa shape index (κ2) is 3.09. The fraction of sp³-hybridized carbons (Fsp3) is 0.286. The van der Waals surface area contributed by atoms with Crippen LogP contribution in [-0.4, -0.2) is 19.6 Å². The second-order valence-corrected chi connectivity index (χ2v) is 3.66. The van der Waals surface area contributed by atoms with Gasteiger partial charge in [-0.05, 0) is 29.0 Å². The maximum atomic E-state index is 5.85. The lowest BCUT2D eigenvalue weighted by Gasteiger charge is -2.04. The number of hydrogen-bond donors (Lipinski definition) is 1. The molecule has 6 heteroatoms. The van der Waals surface area contributed by atoms with Crippen molar-refractivity contribution in [2.45, 2.75) is 13.3 Å². The zero-order valence-corrected chi connectivity index (χ0v) is 9.19. The molecule has 0 aliphatic rings. The maximum Gasteiger partial charge on any atom is 0.254 e. The number of nitrogens with zero attached hydrogens (tertiary/aromatic N) is 4. The lowest BCUT2D eigenvalue weighted by molar-refractivity contribution is 0.912. The fourth-order valence-corrected chi connectivity index (χ4v) is 1.86. The van der Waals surface area contributed by atoms with Crippen LogP contribution in [0.1, 0.15) is 12.6 Å². The van der Waals surface area contributed by atoms with Gasteiger partial charge in [0.2, 0.25) is 0 Å². The Bertz CT molecular complexity index is 449. The maximum absolute atomic E-state index is 5.85. The van der Waals surface area contributed by atoms with Crippen LogP contribution >= 0.6 is 22.6 Å². The van der Waals surface area contributed by atoms with Crippen LogP contribution in [0.3, 0.4) is 0 Å². The van der Waals surface area contributed by atoms with Crippen LogP contribution in [0, 0.1) is 3.57 Å². The minimum absolute atomic E-state index is 0.565. The van der Waals surface area contributed by atoms with E-state index < -0.39 is 0 Å². The lowest BCUT2D eigenvalue weighted by atomic mass is 10.3. The molecule has 2 aromatic heterocycles. The van der Waals surface area contributed by atoms with Gasteiger partial charge in [0.25, 0.3) is 5.78 Å². The summed E-state index contributed by atoms with van der Waals surface area (Å²) in [5.74, 6) is 1.18. The molecule has 0 saturated carbocycles. The molecule has 0 atom stereocenters. The van der Waals surface area contributed by atoms with Crippen LogP contribution in [0.15, 0.2) is 6.33 Å². The van der Waals surface area contributed by atoms with Crippen LogP contribution in [0.2, 0.25) is 0 Å². The van der Waals surface area contributed by atoms with Gasteiger partial charge >= 0.3 is 0 Å². The van der Waals surface area contributed by atoms with Gasteiger partial charge in [-0.1, -0.05) is 6.92 Å². The molecule has 2 heterocycles. The quantitative estimate of drug-likeness (QED) is 0.791. The average Bonchev–Trinajstić information content (AvgIpc) is 2.59. The highest BCUT2D eigenvalue weighted by atomic mass is 127. The Hall–Kier alpha value is -0.920.